The van der Waals surface area contributed by atoms with Crippen LogP contribution < -0.4 is 5.73 Å². The third kappa shape index (κ3) is 2.09. The van der Waals surface area contributed by atoms with Gasteiger partial charge < -0.3 is 10.3 Å². The summed E-state index contributed by atoms with van der Waals surface area (Å²) in [5, 5.41) is 0. The Balaban J connectivity index is 2.48. The van der Waals surface area contributed by atoms with Crippen molar-refractivity contribution in [2.45, 2.75) is 18.9 Å². The van der Waals surface area contributed by atoms with Crippen LogP contribution in [0.25, 0.3) is 11.0 Å². The number of alkyl halides is 4. The normalized spacial score (nSPS) is 12.6. The summed E-state index contributed by atoms with van der Waals surface area (Å²) < 4.78 is 63.8. The lowest BCUT2D eigenvalue weighted by molar-refractivity contribution is -0.136. The van der Waals surface area contributed by atoms with E-state index in [0.717, 1.165) is 22.8 Å². The number of nitrogens with two attached hydrogens (primary N) is 1. The zero-order chi connectivity index (χ0) is 13.5. The topological polar surface area (TPSA) is 43.8 Å². The second kappa shape index (κ2) is 4.11. The van der Waals surface area contributed by atoms with Gasteiger partial charge >= 0.3 is 12.3 Å². The van der Waals surface area contributed by atoms with Gasteiger partial charge in [0, 0.05) is 6.07 Å². The number of rotatable bonds is 3. The van der Waals surface area contributed by atoms with Gasteiger partial charge in [-0.25, -0.2) is 18.2 Å². The summed E-state index contributed by atoms with van der Waals surface area (Å²) in [6.45, 7) is -1.31. The van der Waals surface area contributed by atoms with E-state index >= 15 is 0 Å². The van der Waals surface area contributed by atoms with Crippen LogP contribution in [-0.4, -0.2) is 21.9 Å². The summed E-state index contributed by atoms with van der Waals surface area (Å²) >= 11 is 0. The second-order valence-electron chi connectivity index (χ2n) is 3.75. The number of nitrogens with zero attached hydrogens (tertiary/aromatic N) is 2. The zero-order valence-corrected chi connectivity index (χ0v) is 8.88. The fourth-order valence-corrected chi connectivity index (χ4v) is 1.57. The first-order chi connectivity index (χ1) is 8.31. The minimum Gasteiger partial charge on any atom is -0.369 e. The summed E-state index contributed by atoms with van der Waals surface area (Å²) in [4.78, 5) is 3.64. The Morgan fingerprint density at radius 2 is 2.00 bits per heavy atom. The summed E-state index contributed by atoms with van der Waals surface area (Å²) in [7, 11) is 0. The van der Waals surface area contributed by atoms with E-state index in [2.05, 4.69) is 4.98 Å². The van der Waals surface area contributed by atoms with Crippen LogP contribution in [0.1, 0.15) is 0 Å². The Bertz CT molecular complexity index is 578. The van der Waals surface area contributed by atoms with Crippen molar-refractivity contribution in [3.05, 3.63) is 24.0 Å². The maximum absolute atomic E-state index is 13.0. The van der Waals surface area contributed by atoms with Crippen molar-refractivity contribution in [2.75, 3.05) is 5.73 Å². The number of halogens is 5. The number of benzene rings is 1. The van der Waals surface area contributed by atoms with Crippen LogP contribution in [0.3, 0.4) is 0 Å². The highest BCUT2D eigenvalue weighted by atomic mass is 19.3. The fourth-order valence-electron chi connectivity index (χ4n) is 1.57. The van der Waals surface area contributed by atoms with Gasteiger partial charge in [-0.1, -0.05) is 0 Å². The van der Waals surface area contributed by atoms with Gasteiger partial charge in [0.2, 0.25) is 5.95 Å². The second-order valence-corrected chi connectivity index (χ2v) is 3.75. The predicted molar refractivity (Wildman–Crippen MR) is 55.1 cm³/mol. The van der Waals surface area contributed by atoms with Crippen molar-refractivity contribution in [3.63, 3.8) is 0 Å². The van der Waals surface area contributed by atoms with Crippen LogP contribution >= 0.6 is 0 Å². The van der Waals surface area contributed by atoms with Crippen molar-refractivity contribution in [2.24, 2.45) is 0 Å². The number of fused-ring (bicyclic) bond motifs is 1. The Hall–Kier alpha value is -1.86. The van der Waals surface area contributed by atoms with Gasteiger partial charge in [0.25, 0.3) is 0 Å². The molecule has 0 bridgehead atoms. The number of aromatic nitrogens is 2. The van der Waals surface area contributed by atoms with Gasteiger partial charge in [-0.15, -0.1) is 0 Å². The van der Waals surface area contributed by atoms with Gasteiger partial charge in [0.15, 0.2) is 0 Å². The lowest BCUT2D eigenvalue weighted by Gasteiger charge is -2.16. The van der Waals surface area contributed by atoms with Crippen molar-refractivity contribution >= 4 is 17.0 Å². The number of hydrogen-bond donors (Lipinski definition) is 1. The molecule has 1 aromatic carbocycles. The van der Waals surface area contributed by atoms with Crippen molar-refractivity contribution < 1.29 is 22.0 Å². The van der Waals surface area contributed by atoms with Gasteiger partial charge in [-0.05, 0) is 12.1 Å². The first kappa shape index (κ1) is 12.6. The first-order valence-electron chi connectivity index (χ1n) is 4.88. The Morgan fingerprint density at radius 3 is 2.61 bits per heavy atom. The monoisotopic (exact) mass is 265 g/mol. The van der Waals surface area contributed by atoms with Gasteiger partial charge in [0.1, 0.15) is 5.82 Å². The summed E-state index contributed by atoms with van der Waals surface area (Å²) in [5.41, 5.74) is 5.48. The molecule has 0 spiro atoms. The molecule has 3 nitrogen and oxygen atoms in total. The van der Waals surface area contributed by atoms with Gasteiger partial charge in [-0.3, -0.25) is 0 Å². The maximum atomic E-state index is 13.0. The van der Waals surface area contributed by atoms with Crippen molar-refractivity contribution in [3.8, 4) is 0 Å². The van der Waals surface area contributed by atoms with E-state index in [0.29, 0.717) is 0 Å². The largest absolute Gasteiger partial charge is 0.369 e. The standard InChI is InChI=1S/C10H8F5N3/c11-5-1-2-7-6(3-5)17-9(16)18(7)4-10(14,15)8(12)13/h1-3,8H,4H2,(H2,16,17). The molecule has 0 aliphatic rings. The van der Waals surface area contributed by atoms with E-state index < -0.39 is 24.7 Å². The molecular weight excluding hydrogens is 257 g/mol. The molecule has 0 saturated heterocycles. The molecule has 2 aromatic rings. The quantitative estimate of drug-likeness (QED) is 0.867. The summed E-state index contributed by atoms with van der Waals surface area (Å²) in [6.07, 6.45) is -3.81. The van der Waals surface area contributed by atoms with Crippen LogP contribution in [0.2, 0.25) is 0 Å². The third-order valence-corrected chi connectivity index (χ3v) is 2.43. The minimum absolute atomic E-state index is 0.0394. The molecule has 1 aromatic heterocycles. The molecule has 8 heteroatoms. The molecule has 0 saturated carbocycles. The highest BCUT2D eigenvalue weighted by Gasteiger charge is 2.41. The molecule has 18 heavy (non-hydrogen) atoms. The smallest absolute Gasteiger partial charge is 0.324 e. The fraction of sp³-hybridized carbons (Fsp3) is 0.300. The highest BCUT2D eigenvalue weighted by molar-refractivity contribution is 5.78. The van der Waals surface area contributed by atoms with Crippen LogP contribution in [-0.2, 0) is 6.54 Å². The lowest BCUT2D eigenvalue weighted by atomic mass is 10.3. The summed E-state index contributed by atoms with van der Waals surface area (Å²) in [6, 6.07) is 3.17. The number of anilines is 1. The average molecular weight is 265 g/mol. The molecule has 2 N–H and O–H groups in total. The molecule has 0 fully saturated rings. The molecule has 0 amide bonds. The molecular formula is C10H8F5N3. The molecule has 0 unspecified atom stereocenters. The van der Waals surface area contributed by atoms with E-state index in [1.165, 1.54) is 0 Å². The van der Waals surface area contributed by atoms with Crippen LogP contribution in [0.15, 0.2) is 18.2 Å². The Labute approximate surface area is 98.0 Å². The molecule has 0 aliphatic heterocycles. The summed E-state index contributed by atoms with van der Waals surface area (Å²) in [5.74, 6) is -5.21. The molecule has 0 aliphatic carbocycles. The van der Waals surface area contributed by atoms with E-state index in [1.807, 2.05) is 0 Å². The maximum Gasteiger partial charge on any atom is 0.324 e. The highest BCUT2D eigenvalue weighted by Crippen LogP contribution is 2.28. The molecule has 0 atom stereocenters. The third-order valence-electron chi connectivity index (χ3n) is 2.43. The predicted octanol–water partition coefficient (Wildman–Crippen LogP) is 2.66. The number of imidazole rings is 1. The molecule has 0 radical (unpaired) electrons. The molecule has 98 valence electrons. The van der Waals surface area contributed by atoms with Gasteiger partial charge in [0.05, 0.1) is 17.6 Å². The van der Waals surface area contributed by atoms with E-state index in [4.69, 9.17) is 5.73 Å². The molecule has 1 heterocycles. The molecule has 2 rings (SSSR count). The SMILES string of the molecule is Nc1nc2cc(F)ccc2n1CC(F)(F)C(F)F. The van der Waals surface area contributed by atoms with E-state index in [9.17, 15) is 22.0 Å². The lowest BCUT2D eigenvalue weighted by Crippen LogP contribution is -2.32. The number of nitrogen functional groups attached to an aromatic ring is 1. The van der Waals surface area contributed by atoms with Crippen molar-refractivity contribution in [1.29, 1.82) is 0 Å². The zero-order valence-electron chi connectivity index (χ0n) is 8.88. The van der Waals surface area contributed by atoms with Crippen LogP contribution in [0.5, 0.6) is 0 Å². The van der Waals surface area contributed by atoms with Gasteiger partial charge in [-0.2, -0.15) is 8.78 Å². The van der Waals surface area contributed by atoms with Crippen LogP contribution in [0, 0.1) is 5.82 Å². The average Bonchev–Trinajstić information content (AvgIpc) is 2.54. The van der Waals surface area contributed by atoms with Crippen molar-refractivity contribution in [1.82, 2.24) is 9.55 Å². The van der Waals surface area contributed by atoms with Crippen LogP contribution in [0.4, 0.5) is 27.9 Å². The Morgan fingerprint density at radius 1 is 1.33 bits per heavy atom. The van der Waals surface area contributed by atoms with E-state index in [1.54, 1.807) is 0 Å². The number of hydrogen-bond acceptors (Lipinski definition) is 2. The Kier molecular flexibility index (Phi) is 2.88. The first-order valence-corrected chi connectivity index (χ1v) is 4.88. The van der Waals surface area contributed by atoms with E-state index in [-0.39, 0.29) is 17.0 Å². The minimum atomic E-state index is -4.23.